The van der Waals surface area contributed by atoms with Gasteiger partial charge in [-0.1, -0.05) is 78.4 Å². The highest BCUT2D eigenvalue weighted by Crippen LogP contribution is 2.30. The quantitative estimate of drug-likeness (QED) is 0.115. The Balaban J connectivity index is 0.000000573. The maximum Gasteiger partial charge on any atom is 0.167 e. The van der Waals surface area contributed by atoms with Crippen molar-refractivity contribution in [3.05, 3.63) is 72.8 Å². The lowest BCUT2D eigenvalue weighted by Gasteiger charge is -2.15. The molecule has 1 aromatic heterocycles. The van der Waals surface area contributed by atoms with E-state index < -0.39 is 0 Å². The maximum atomic E-state index is 10.4. The van der Waals surface area contributed by atoms with Crippen molar-refractivity contribution in [2.24, 2.45) is 11.8 Å². The molecule has 0 spiro atoms. The van der Waals surface area contributed by atoms with Crippen LogP contribution in [0.4, 0.5) is 0 Å². The summed E-state index contributed by atoms with van der Waals surface area (Å²) in [7, 11) is 4.42. The average Bonchev–Trinajstić information content (AvgIpc) is 3.14. The number of phenols is 1. The SMILES string of the molecule is CCCCC(CC)COC.CCCCC(CC)COc1ccc(-c2nc(-c3ccc(OC)cc3)nc(-c3ccccc3O)n2)cc1.CO. The number of para-hydroxylation sites is 1. The lowest BCUT2D eigenvalue weighted by atomic mass is 10.0. The van der Waals surface area contributed by atoms with E-state index in [0.29, 0.717) is 29.0 Å². The van der Waals surface area contributed by atoms with Gasteiger partial charge >= 0.3 is 0 Å². The third-order valence-corrected chi connectivity index (χ3v) is 8.22. The fourth-order valence-corrected chi connectivity index (χ4v) is 5.10. The molecule has 2 N–H and O–H groups in total. The number of ether oxygens (including phenoxy) is 3. The molecular formula is C40H57N3O5. The minimum atomic E-state index is 0.118. The van der Waals surface area contributed by atoms with Gasteiger partial charge in [0.2, 0.25) is 0 Å². The molecule has 3 aromatic carbocycles. The van der Waals surface area contributed by atoms with E-state index in [9.17, 15) is 5.11 Å². The highest BCUT2D eigenvalue weighted by atomic mass is 16.5. The largest absolute Gasteiger partial charge is 0.507 e. The van der Waals surface area contributed by atoms with Crippen LogP contribution in [0.1, 0.15) is 79.1 Å². The molecule has 8 nitrogen and oxygen atoms in total. The zero-order valence-electron chi connectivity index (χ0n) is 30.1. The molecule has 0 bridgehead atoms. The predicted octanol–water partition coefficient (Wildman–Crippen LogP) is 9.64. The summed E-state index contributed by atoms with van der Waals surface area (Å²) in [6, 6.07) is 22.4. The number of aliphatic hydroxyl groups excluding tert-OH is 1. The van der Waals surface area contributed by atoms with Crippen LogP contribution in [0.3, 0.4) is 0 Å². The zero-order valence-corrected chi connectivity index (χ0v) is 30.1. The van der Waals surface area contributed by atoms with Crippen LogP contribution < -0.4 is 9.47 Å². The molecule has 48 heavy (non-hydrogen) atoms. The van der Waals surface area contributed by atoms with E-state index in [1.807, 2.05) is 54.6 Å². The van der Waals surface area contributed by atoms with Crippen LogP contribution in [0.5, 0.6) is 17.2 Å². The van der Waals surface area contributed by atoms with E-state index in [1.165, 1.54) is 44.9 Å². The van der Waals surface area contributed by atoms with Gasteiger partial charge in [-0.25, -0.2) is 15.0 Å². The van der Waals surface area contributed by atoms with Crippen molar-refractivity contribution in [3.63, 3.8) is 0 Å². The summed E-state index contributed by atoms with van der Waals surface area (Å²) in [5, 5.41) is 17.4. The topological polar surface area (TPSA) is 107 Å². The molecule has 8 heteroatoms. The van der Waals surface area contributed by atoms with Gasteiger partial charge in [0.1, 0.15) is 17.2 Å². The predicted molar refractivity (Wildman–Crippen MR) is 196 cm³/mol. The number of benzene rings is 3. The number of unbranched alkanes of at least 4 members (excludes halogenated alkanes) is 2. The van der Waals surface area contributed by atoms with Gasteiger partial charge in [0.15, 0.2) is 17.5 Å². The number of aromatic nitrogens is 3. The highest BCUT2D eigenvalue weighted by Gasteiger charge is 2.15. The fraction of sp³-hybridized carbons (Fsp3) is 0.475. The van der Waals surface area contributed by atoms with Crippen LogP contribution >= 0.6 is 0 Å². The number of methoxy groups -OCH3 is 2. The summed E-state index contributed by atoms with van der Waals surface area (Å²) in [6.45, 7) is 10.6. The van der Waals surface area contributed by atoms with Crippen molar-refractivity contribution in [1.29, 1.82) is 0 Å². The van der Waals surface area contributed by atoms with Gasteiger partial charge in [0.25, 0.3) is 0 Å². The first kappa shape index (κ1) is 40.2. The van der Waals surface area contributed by atoms with Crippen molar-refractivity contribution >= 4 is 0 Å². The number of rotatable bonds is 17. The van der Waals surface area contributed by atoms with Crippen LogP contribution in [-0.4, -0.2) is 59.7 Å². The molecule has 0 aliphatic carbocycles. The molecule has 4 aromatic rings. The number of phenolic OH excluding ortho intramolecular Hbond substituents is 1. The average molecular weight is 660 g/mol. The van der Waals surface area contributed by atoms with Gasteiger partial charge in [0, 0.05) is 32.0 Å². The van der Waals surface area contributed by atoms with E-state index in [4.69, 9.17) is 29.3 Å². The van der Waals surface area contributed by atoms with Gasteiger partial charge in [0.05, 0.1) is 19.3 Å². The van der Waals surface area contributed by atoms with Crippen LogP contribution in [0, 0.1) is 11.8 Å². The molecule has 4 rings (SSSR count). The maximum absolute atomic E-state index is 10.4. The summed E-state index contributed by atoms with van der Waals surface area (Å²) in [5.74, 6) is 4.52. The third-order valence-electron chi connectivity index (χ3n) is 8.22. The molecule has 0 saturated heterocycles. The number of hydrogen-bond donors (Lipinski definition) is 2. The standard InChI is InChI=1S/C30H33N3O3.C9H20O.CH4O/c1-4-6-9-21(5-2)20-36-25-18-14-23(15-19-25)29-31-28(22-12-16-24(35-3)17-13-22)32-30(33-29)26-10-7-8-11-27(26)34;1-4-6-7-9(5-2)8-10-3;1-2/h7-8,10-19,21,34H,4-6,9,20H2,1-3H3;9H,4-8H2,1-3H3;2H,1H3. The summed E-state index contributed by atoms with van der Waals surface area (Å²) < 4.78 is 16.4. The zero-order chi connectivity index (χ0) is 35.1. The van der Waals surface area contributed by atoms with Crippen molar-refractivity contribution in [3.8, 4) is 51.4 Å². The Morgan fingerprint density at radius 2 is 1.08 bits per heavy atom. The van der Waals surface area contributed by atoms with E-state index in [1.54, 1.807) is 32.4 Å². The smallest absolute Gasteiger partial charge is 0.167 e. The molecule has 2 atom stereocenters. The van der Waals surface area contributed by atoms with Crippen molar-refractivity contribution in [2.75, 3.05) is 34.5 Å². The molecule has 1 heterocycles. The third kappa shape index (κ3) is 13.2. The lowest BCUT2D eigenvalue weighted by molar-refractivity contribution is 0.144. The molecule has 262 valence electrons. The number of aliphatic hydroxyl groups is 1. The van der Waals surface area contributed by atoms with Gasteiger partial charge in [-0.15, -0.1) is 0 Å². The number of hydrogen-bond acceptors (Lipinski definition) is 8. The fourth-order valence-electron chi connectivity index (χ4n) is 5.10. The monoisotopic (exact) mass is 659 g/mol. The van der Waals surface area contributed by atoms with Crippen molar-refractivity contribution in [2.45, 2.75) is 79.1 Å². The molecule has 2 unspecified atom stereocenters. The minimum Gasteiger partial charge on any atom is -0.507 e. The normalized spacial score (nSPS) is 11.8. The molecule has 0 radical (unpaired) electrons. The molecular weight excluding hydrogens is 602 g/mol. The Kier molecular flexibility index (Phi) is 19.5. The van der Waals surface area contributed by atoms with Crippen molar-refractivity contribution in [1.82, 2.24) is 15.0 Å². The Hall–Kier alpha value is -4.01. The Morgan fingerprint density at radius 1 is 0.604 bits per heavy atom. The Bertz CT molecular complexity index is 1410. The lowest BCUT2D eigenvalue weighted by Crippen LogP contribution is -2.11. The Morgan fingerprint density at radius 3 is 1.54 bits per heavy atom. The van der Waals surface area contributed by atoms with E-state index in [-0.39, 0.29) is 5.75 Å². The van der Waals surface area contributed by atoms with Crippen LogP contribution in [0.25, 0.3) is 34.2 Å². The van der Waals surface area contributed by atoms with Gasteiger partial charge in [-0.05, 0) is 85.3 Å². The first-order valence-electron chi connectivity index (χ1n) is 17.3. The Labute approximate surface area is 288 Å². The van der Waals surface area contributed by atoms with Crippen molar-refractivity contribution < 1.29 is 24.4 Å². The second-order valence-electron chi connectivity index (χ2n) is 11.7. The first-order chi connectivity index (χ1) is 23.5. The van der Waals surface area contributed by atoms with Gasteiger partial charge in [-0.3, -0.25) is 0 Å². The van der Waals surface area contributed by atoms with E-state index in [0.717, 1.165) is 55.3 Å². The summed E-state index contributed by atoms with van der Waals surface area (Å²) in [4.78, 5) is 14.1. The number of aromatic hydroxyl groups is 1. The van der Waals surface area contributed by atoms with E-state index >= 15 is 0 Å². The summed E-state index contributed by atoms with van der Waals surface area (Å²) in [6.07, 6.45) is 10.00. The van der Waals surface area contributed by atoms with Gasteiger partial charge < -0.3 is 24.4 Å². The molecule has 0 saturated carbocycles. The molecule has 0 amide bonds. The summed E-state index contributed by atoms with van der Waals surface area (Å²) in [5.41, 5.74) is 2.22. The van der Waals surface area contributed by atoms with Crippen LogP contribution in [-0.2, 0) is 4.74 Å². The van der Waals surface area contributed by atoms with Crippen LogP contribution in [0.15, 0.2) is 72.8 Å². The minimum absolute atomic E-state index is 0.118. The second-order valence-corrected chi connectivity index (χ2v) is 11.7. The molecule has 0 fully saturated rings. The molecule has 0 aliphatic heterocycles. The summed E-state index contributed by atoms with van der Waals surface area (Å²) >= 11 is 0. The second kappa shape index (κ2) is 23.3. The number of nitrogens with zero attached hydrogens (tertiary/aromatic N) is 3. The van der Waals surface area contributed by atoms with Gasteiger partial charge in [-0.2, -0.15) is 0 Å². The van der Waals surface area contributed by atoms with E-state index in [2.05, 4.69) is 32.7 Å². The first-order valence-corrected chi connectivity index (χ1v) is 17.3. The van der Waals surface area contributed by atoms with Crippen LogP contribution in [0.2, 0.25) is 0 Å². The molecule has 0 aliphatic rings. The highest BCUT2D eigenvalue weighted by molar-refractivity contribution is 5.69.